The number of rotatable bonds is 6. The van der Waals surface area contributed by atoms with Crippen molar-refractivity contribution < 1.29 is 9.53 Å². The van der Waals surface area contributed by atoms with E-state index < -0.39 is 0 Å². The monoisotopic (exact) mass is 342 g/mol. The molecule has 3 rings (SSSR count). The standard InChI is InChI=1S/C17H18N4O2S/c1-21(2)15(22)10-23-13-5-3-4-12(8-13)9-18-16-14-6-7-24-17(14)20-11-19-16/h3-8,11H,9-10H2,1-2H3,(H,18,19,20). The van der Waals surface area contributed by atoms with E-state index in [9.17, 15) is 4.79 Å². The highest BCUT2D eigenvalue weighted by Crippen LogP contribution is 2.24. The first kappa shape index (κ1) is 16.2. The number of carbonyl (C=O) groups excluding carboxylic acids is 1. The van der Waals surface area contributed by atoms with Crippen LogP contribution in [0.5, 0.6) is 5.75 Å². The number of hydrogen-bond acceptors (Lipinski definition) is 6. The van der Waals surface area contributed by atoms with E-state index in [4.69, 9.17) is 4.74 Å². The lowest BCUT2D eigenvalue weighted by molar-refractivity contribution is -0.130. The van der Waals surface area contributed by atoms with Gasteiger partial charge in [0.1, 0.15) is 22.7 Å². The minimum absolute atomic E-state index is 0.0331. The molecular weight excluding hydrogens is 324 g/mol. The van der Waals surface area contributed by atoms with Gasteiger partial charge in [-0.25, -0.2) is 9.97 Å². The van der Waals surface area contributed by atoms with Crippen LogP contribution in [0.2, 0.25) is 0 Å². The summed E-state index contributed by atoms with van der Waals surface area (Å²) in [5, 5.41) is 6.35. The number of amides is 1. The molecule has 1 aromatic carbocycles. The van der Waals surface area contributed by atoms with Crippen LogP contribution in [0.1, 0.15) is 5.56 Å². The van der Waals surface area contributed by atoms with Gasteiger partial charge in [0.05, 0.1) is 5.39 Å². The molecule has 1 amide bonds. The van der Waals surface area contributed by atoms with Gasteiger partial charge in [-0.2, -0.15) is 0 Å². The molecule has 0 bridgehead atoms. The molecule has 0 aliphatic rings. The lowest BCUT2D eigenvalue weighted by atomic mass is 10.2. The average Bonchev–Trinajstić information content (AvgIpc) is 3.07. The molecule has 0 aliphatic heterocycles. The van der Waals surface area contributed by atoms with Crippen LogP contribution in [0.3, 0.4) is 0 Å². The zero-order chi connectivity index (χ0) is 16.9. The van der Waals surface area contributed by atoms with E-state index >= 15 is 0 Å². The van der Waals surface area contributed by atoms with Crippen molar-refractivity contribution in [1.82, 2.24) is 14.9 Å². The van der Waals surface area contributed by atoms with Crippen LogP contribution in [0.15, 0.2) is 42.0 Å². The Kier molecular flexibility index (Phi) is 4.90. The Hall–Kier alpha value is -2.67. The molecule has 0 unspecified atom stereocenters. The third-order valence-electron chi connectivity index (χ3n) is 3.48. The van der Waals surface area contributed by atoms with Gasteiger partial charge >= 0.3 is 0 Å². The second kappa shape index (κ2) is 7.27. The minimum atomic E-state index is -0.0700. The Bertz CT molecular complexity index is 847. The Labute approximate surface area is 144 Å². The lowest BCUT2D eigenvalue weighted by Crippen LogP contribution is -2.27. The van der Waals surface area contributed by atoms with Gasteiger partial charge in [0, 0.05) is 20.6 Å². The molecule has 0 atom stereocenters. The zero-order valence-corrected chi connectivity index (χ0v) is 14.3. The van der Waals surface area contributed by atoms with Crippen LogP contribution in [-0.4, -0.2) is 41.5 Å². The van der Waals surface area contributed by atoms with Gasteiger partial charge in [0.2, 0.25) is 0 Å². The van der Waals surface area contributed by atoms with E-state index in [1.807, 2.05) is 35.7 Å². The molecule has 0 spiro atoms. The van der Waals surface area contributed by atoms with Crippen molar-refractivity contribution in [2.24, 2.45) is 0 Å². The molecule has 0 fully saturated rings. The molecule has 0 saturated heterocycles. The molecule has 1 N–H and O–H groups in total. The molecule has 0 saturated carbocycles. The largest absolute Gasteiger partial charge is 0.484 e. The topological polar surface area (TPSA) is 67.3 Å². The van der Waals surface area contributed by atoms with E-state index in [2.05, 4.69) is 15.3 Å². The number of likely N-dealkylation sites (N-methyl/N-ethyl adjacent to an activating group) is 1. The van der Waals surface area contributed by atoms with Crippen LogP contribution in [-0.2, 0) is 11.3 Å². The minimum Gasteiger partial charge on any atom is -0.484 e. The Balaban J connectivity index is 1.64. The molecule has 2 aromatic heterocycles. The molecule has 2 heterocycles. The Morgan fingerprint density at radius 1 is 1.29 bits per heavy atom. The molecule has 0 radical (unpaired) electrons. The smallest absolute Gasteiger partial charge is 0.259 e. The summed E-state index contributed by atoms with van der Waals surface area (Å²) in [7, 11) is 3.41. The second-order valence-corrected chi connectivity index (χ2v) is 6.33. The normalized spacial score (nSPS) is 10.6. The SMILES string of the molecule is CN(C)C(=O)COc1cccc(CNc2ncnc3sccc23)c1. The van der Waals surface area contributed by atoms with E-state index in [1.54, 1.807) is 31.8 Å². The summed E-state index contributed by atoms with van der Waals surface area (Å²) in [4.78, 5) is 22.6. The fraction of sp³-hybridized carbons (Fsp3) is 0.235. The number of ether oxygens (including phenoxy) is 1. The van der Waals surface area contributed by atoms with Gasteiger partial charge in [-0.15, -0.1) is 11.3 Å². The quantitative estimate of drug-likeness (QED) is 0.746. The molecule has 7 heteroatoms. The molecule has 124 valence electrons. The van der Waals surface area contributed by atoms with Gasteiger partial charge < -0.3 is 15.0 Å². The first-order valence-electron chi connectivity index (χ1n) is 7.47. The van der Waals surface area contributed by atoms with Crippen molar-refractivity contribution in [3.05, 3.63) is 47.6 Å². The predicted octanol–water partition coefficient (Wildman–Crippen LogP) is 2.77. The van der Waals surface area contributed by atoms with Gasteiger partial charge in [0.15, 0.2) is 6.61 Å². The van der Waals surface area contributed by atoms with Crippen LogP contribution >= 0.6 is 11.3 Å². The van der Waals surface area contributed by atoms with Crippen molar-refractivity contribution in [3.8, 4) is 5.75 Å². The molecule has 6 nitrogen and oxygen atoms in total. The molecular formula is C17H18N4O2S. The van der Waals surface area contributed by atoms with Crippen molar-refractivity contribution in [1.29, 1.82) is 0 Å². The zero-order valence-electron chi connectivity index (χ0n) is 13.5. The maximum Gasteiger partial charge on any atom is 0.259 e. The van der Waals surface area contributed by atoms with E-state index in [0.717, 1.165) is 21.6 Å². The van der Waals surface area contributed by atoms with E-state index in [0.29, 0.717) is 12.3 Å². The van der Waals surface area contributed by atoms with Crippen molar-refractivity contribution in [2.75, 3.05) is 26.0 Å². The maximum absolute atomic E-state index is 11.6. The number of hydrogen-bond donors (Lipinski definition) is 1. The number of carbonyl (C=O) groups is 1. The van der Waals surface area contributed by atoms with Gasteiger partial charge in [-0.3, -0.25) is 4.79 Å². The summed E-state index contributed by atoms with van der Waals surface area (Å²) in [6, 6.07) is 9.68. The number of nitrogens with zero attached hydrogens (tertiary/aromatic N) is 3. The van der Waals surface area contributed by atoms with E-state index in [1.165, 1.54) is 4.90 Å². The second-order valence-electron chi connectivity index (χ2n) is 5.44. The van der Waals surface area contributed by atoms with Gasteiger partial charge in [0.25, 0.3) is 5.91 Å². The van der Waals surface area contributed by atoms with Crippen molar-refractivity contribution in [2.45, 2.75) is 6.54 Å². The number of fused-ring (bicyclic) bond motifs is 1. The third kappa shape index (κ3) is 3.80. The molecule has 0 aliphatic carbocycles. The number of thiophene rings is 1. The third-order valence-corrected chi connectivity index (χ3v) is 4.30. The average molecular weight is 342 g/mol. The fourth-order valence-corrected chi connectivity index (χ4v) is 2.87. The van der Waals surface area contributed by atoms with Crippen LogP contribution in [0, 0.1) is 0 Å². The van der Waals surface area contributed by atoms with Crippen LogP contribution in [0.4, 0.5) is 5.82 Å². The Morgan fingerprint density at radius 2 is 2.17 bits per heavy atom. The maximum atomic E-state index is 11.6. The van der Waals surface area contributed by atoms with Gasteiger partial charge in [-0.1, -0.05) is 12.1 Å². The summed E-state index contributed by atoms with van der Waals surface area (Å²) in [5.41, 5.74) is 1.05. The first-order chi connectivity index (χ1) is 11.6. The highest BCUT2D eigenvalue weighted by atomic mass is 32.1. The fourth-order valence-electron chi connectivity index (χ4n) is 2.14. The van der Waals surface area contributed by atoms with Crippen LogP contribution < -0.4 is 10.1 Å². The summed E-state index contributed by atoms with van der Waals surface area (Å²) in [6.07, 6.45) is 1.56. The van der Waals surface area contributed by atoms with E-state index in [-0.39, 0.29) is 12.5 Å². The summed E-state index contributed by atoms with van der Waals surface area (Å²) >= 11 is 1.59. The number of nitrogens with one attached hydrogen (secondary N) is 1. The molecule has 3 aromatic rings. The van der Waals surface area contributed by atoms with Gasteiger partial charge in [-0.05, 0) is 29.1 Å². The summed E-state index contributed by atoms with van der Waals surface area (Å²) in [5.74, 6) is 1.42. The number of anilines is 1. The van der Waals surface area contributed by atoms with Crippen LogP contribution in [0.25, 0.3) is 10.2 Å². The van der Waals surface area contributed by atoms with Crippen molar-refractivity contribution in [3.63, 3.8) is 0 Å². The predicted molar refractivity (Wildman–Crippen MR) is 95.4 cm³/mol. The summed E-state index contributed by atoms with van der Waals surface area (Å²) < 4.78 is 5.54. The highest BCUT2D eigenvalue weighted by Gasteiger charge is 2.07. The summed E-state index contributed by atoms with van der Waals surface area (Å²) in [6.45, 7) is 0.645. The number of aromatic nitrogens is 2. The number of benzene rings is 1. The lowest BCUT2D eigenvalue weighted by Gasteiger charge is -2.12. The van der Waals surface area contributed by atoms with Crippen molar-refractivity contribution >= 4 is 33.3 Å². The highest BCUT2D eigenvalue weighted by molar-refractivity contribution is 7.16. The first-order valence-corrected chi connectivity index (χ1v) is 8.35. The Morgan fingerprint density at radius 3 is 3.00 bits per heavy atom. The molecule has 24 heavy (non-hydrogen) atoms.